The molecule has 1 amide bonds. The molecule has 0 radical (unpaired) electrons. The Morgan fingerprint density at radius 2 is 2.00 bits per heavy atom. The van der Waals surface area contributed by atoms with Gasteiger partial charge in [-0.2, -0.15) is 13.2 Å². The first-order valence-electron chi connectivity index (χ1n) is 5.61. The minimum atomic E-state index is -4.39. The summed E-state index contributed by atoms with van der Waals surface area (Å²) < 4.78 is 40.4. The quantitative estimate of drug-likeness (QED) is 0.813. The summed E-state index contributed by atoms with van der Waals surface area (Å²) in [4.78, 5) is 11.5. The van der Waals surface area contributed by atoms with Crippen LogP contribution in [0.3, 0.4) is 0 Å². The van der Waals surface area contributed by atoms with E-state index in [0.717, 1.165) is 0 Å². The Morgan fingerprint density at radius 1 is 1.40 bits per heavy atom. The van der Waals surface area contributed by atoms with Crippen LogP contribution < -0.4 is 15.8 Å². The topological polar surface area (TPSA) is 64.4 Å². The van der Waals surface area contributed by atoms with Crippen molar-refractivity contribution in [3.63, 3.8) is 0 Å². The van der Waals surface area contributed by atoms with Gasteiger partial charge in [-0.05, 0) is 24.3 Å². The molecule has 0 bridgehead atoms. The second kappa shape index (κ2) is 6.82. The van der Waals surface area contributed by atoms with Crippen LogP contribution in [0.2, 0.25) is 0 Å². The minimum Gasteiger partial charge on any atom is -0.484 e. The number of carbonyl (C=O) groups is 1. The number of halogens is 3. The maximum Gasteiger partial charge on any atom is 0.422 e. The normalized spacial score (nSPS) is 12.3. The summed E-state index contributed by atoms with van der Waals surface area (Å²) in [7, 11) is 0. The third kappa shape index (κ3) is 5.63. The van der Waals surface area contributed by atoms with Crippen LogP contribution in [0.4, 0.5) is 18.9 Å². The van der Waals surface area contributed by atoms with Gasteiger partial charge in [0.2, 0.25) is 5.91 Å². The average Bonchev–Trinajstić information content (AvgIpc) is 2.37. The zero-order chi connectivity index (χ0) is 15.2. The molecule has 1 aromatic carbocycles. The number of anilines is 1. The maximum atomic E-state index is 11.9. The van der Waals surface area contributed by atoms with Gasteiger partial charge in [0.15, 0.2) is 6.61 Å². The zero-order valence-corrected chi connectivity index (χ0v) is 10.4. The van der Waals surface area contributed by atoms with Crippen LogP contribution in [0.25, 0.3) is 0 Å². The number of hydrogen-bond donors (Lipinski definition) is 2. The van der Waals surface area contributed by atoms with Crippen LogP contribution in [-0.2, 0) is 4.79 Å². The molecule has 0 aromatic heterocycles. The van der Waals surface area contributed by atoms with E-state index in [4.69, 9.17) is 12.2 Å². The van der Waals surface area contributed by atoms with Crippen molar-refractivity contribution in [3.8, 4) is 18.1 Å². The first-order valence-corrected chi connectivity index (χ1v) is 5.61. The fourth-order valence-corrected chi connectivity index (χ4v) is 1.25. The largest absolute Gasteiger partial charge is 0.484 e. The lowest BCUT2D eigenvalue weighted by Gasteiger charge is -2.11. The minimum absolute atomic E-state index is 0.0493. The van der Waals surface area contributed by atoms with Crippen molar-refractivity contribution < 1.29 is 22.7 Å². The molecule has 3 N–H and O–H groups in total. The summed E-state index contributed by atoms with van der Waals surface area (Å²) in [6.45, 7) is -1.37. The molecule has 0 saturated carbocycles. The van der Waals surface area contributed by atoms with E-state index < -0.39 is 24.7 Å². The highest BCUT2D eigenvalue weighted by atomic mass is 19.4. The van der Waals surface area contributed by atoms with Gasteiger partial charge in [0, 0.05) is 12.1 Å². The lowest BCUT2D eigenvalue weighted by atomic mass is 10.2. The molecular formula is C13H13F3N2O2. The number of benzene rings is 1. The molecule has 0 aliphatic heterocycles. The first kappa shape index (κ1) is 15.9. The summed E-state index contributed by atoms with van der Waals surface area (Å²) in [6.07, 6.45) is 0.732. The number of amides is 1. The van der Waals surface area contributed by atoms with Gasteiger partial charge in [0.1, 0.15) is 5.75 Å². The van der Waals surface area contributed by atoms with Crippen LogP contribution in [0.15, 0.2) is 24.3 Å². The average molecular weight is 286 g/mol. The van der Waals surface area contributed by atoms with Crippen LogP contribution in [0.1, 0.15) is 6.42 Å². The third-order valence-electron chi connectivity index (χ3n) is 2.20. The lowest BCUT2D eigenvalue weighted by molar-refractivity contribution is -0.153. The van der Waals surface area contributed by atoms with Crippen molar-refractivity contribution in [1.82, 2.24) is 0 Å². The van der Waals surface area contributed by atoms with Crippen molar-refractivity contribution in [2.75, 3.05) is 11.9 Å². The van der Waals surface area contributed by atoms with E-state index in [0.29, 0.717) is 5.69 Å². The van der Waals surface area contributed by atoms with Gasteiger partial charge in [0.05, 0.1) is 6.04 Å². The van der Waals surface area contributed by atoms with E-state index in [9.17, 15) is 18.0 Å². The Hall–Kier alpha value is -2.20. The Balaban J connectivity index is 2.55. The molecule has 0 spiro atoms. The van der Waals surface area contributed by atoms with Gasteiger partial charge in [0.25, 0.3) is 0 Å². The number of nitrogens with one attached hydrogen (secondary N) is 1. The SMILES string of the molecule is C#CCC(N)C(=O)Nc1ccc(OCC(F)(F)F)cc1. The van der Waals surface area contributed by atoms with E-state index in [1.807, 2.05) is 0 Å². The standard InChI is InChI=1S/C13H13F3N2O2/c1-2-3-11(17)12(19)18-9-4-6-10(7-5-9)20-8-13(14,15)16/h1,4-7,11H,3,8,17H2,(H,18,19). The Morgan fingerprint density at radius 3 is 2.50 bits per heavy atom. The molecule has 1 unspecified atom stereocenters. The fraction of sp³-hybridized carbons (Fsp3) is 0.308. The van der Waals surface area contributed by atoms with Gasteiger partial charge in [-0.3, -0.25) is 4.79 Å². The second-order valence-corrected chi connectivity index (χ2v) is 3.93. The summed E-state index contributed by atoms with van der Waals surface area (Å²) in [5.41, 5.74) is 5.89. The summed E-state index contributed by atoms with van der Waals surface area (Å²) in [5.74, 6) is 1.85. The van der Waals surface area contributed by atoms with Gasteiger partial charge >= 0.3 is 6.18 Å². The van der Waals surface area contributed by atoms with Crippen LogP contribution in [0.5, 0.6) is 5.75 Å². The van der Waals surface area contributed by atoms with Crippen molar-refractivity contribution in [2.45, 2.75) is 18.6 Å². The van der Waals surface area contributed by atoms with Crippen molar-refractivity contribution >= 4 is 11.6 Å². The number of carbonyl (C=O) groups excluding carboxylic acids is 1. The highest BCUT2D eigenvalue weighted by Crippen LogP contribution is 2.20. The predicted molar refractivity (Wildman–Crippen MR) is 68.0 cm³/mol. The van der Waals surface area contributed by atoms with E-state index >= 15 is 0 Å². The molecule has 7 heteroatoms. The molecule has 4 nitrogen and oxygen atoms in total. The molecule has 1 atom stereocenters. The van der Waals surface area contributed by atoms with E-state index in [-0.39, 0.29) is 12.2 Å². The molecule has 0 heterocycles. The smallest absolute Gasteiger partial charge is 0.422 e. The highest BCUT2D eigenvalue weighted by Gasteiger charge is 2.28. The molecule has 108 valence electrons. The van der Waals surface area contributed by atoms with Crippen LogP contribution >= 0.6 is 0 Å². The molecule has 1 aromatic rings. The van der Waals surface area contributed by atoms with Crippen LogP contribution in [0, 0.1) is 12.3 Å². The Kier molecular flexibility index (Phi) is 5.41. The predicted octanol–water partition coefficient (Wildman–Crippen LogP) is 1.92. The maximum absolute atomic E-state index is 11.9. The van der Waals surface area contributed by atoms with Gasteiger partial charge in [-0.25, -0.2) is 0 Å². The van der Waals surface area contributed by atoms with Crippen molar-refractivity contribution in [2.24, 2.45) is 5.73 Å². The molecular weight excluding hydrogens is 273 g/mol. The van der Waals surface area contributed by atoms with Gasteiger partial charge in [-0.1, -0.05) is 0 Å². The third-order valence-corrected chi connectivity index (χ3v) is 2.20. The zero-order valence-electron chi connectivity index (χ0n) is 10.4. The first-order chi connectivity index (χ1) is 9.31. The van der Waals surface area contributed by atoms with Gasteiger partial charge in [-0.15, -0.1) is 12.3 Å². The monoisotopic (exact) mass is 286 g/mol. The number of nitrogens with two attached hydrogens (primary N) is 1. The molecule has 1 rings (SSSR count). The van der Waals surface area contributed by atoms with E-state index in [1.165, 1.54) is 24.3 Å². The molecule has 0 fully saturated rings. The molecule has 0 aliphatic rings. The highest BCUT2D eigenvalue weighted by molar-refractivity contribution is 5.94. The van der Waals surface area contributed by atoms with Gasteiger partial charge < -0.3 is 15.8 Å². The summed E-state index contributed by atoms with van der Waals surface area (Å²) in [5, 5.41) is 2.49. The molecule has 0 aliphatic carbocycles. The fourth-order valence-electron chi connectivity index (χ4n) is 1.25. The van der Waals surface area contributed by atoms with Crippen LogP contribution in [-0.4, -0.2) is 24.7 Å². The van der Waals surface area contributed by atoms with E-state index in [1.54, 1.807) is 0 Å². The van der Waals surface area contributed by atoms with Crippen molar-refractivity contribution in [1.29, 1.82) is 0 Å². The Labute approximate surface area is 114 Å². The Bertz CT molecular complexity index is 492. The molecule has 0 saturated heterocycles. The van der Waals surface area contributed by atoms with Crippen molar-refractivity contribution in [3.05, 3.63) is 24.3 Å². The molecule has 20 heavy (non-hydrogen) atoms. The number of hydrogen-bond acceptors (Lipinski definition) is 3. The summed E-state index contributed by atoms with van der Waals surface area (Å²) >= 11 is 0. The lowest BCUT2D eigenvalue weighted by Crippen LogP contribution is -2.35. The van der Waals surface area contributed by atoms with E-state index in [2.05, 4.69) is 16.0 Å². The number of rotatable bonds is 5. The summed E-state index contributed by atoms with van der Waals surface area (Å²) in [6, 6.07) is 4.61. The number of alkyl halides is 3. The number of terminal acetylenes is 1. The second-order valence-electron chi connectivity index (χ2n) is 3.93. The number of ether oxygens (including phenoxy) is 1.